The van der Waals surface area contributed by atoms with Gasteiger partial charge in [0, 0.05) is 43.0 Å². The minimum absolute atomic E-state index is 0.0496. The number of nitro benzene ring substituents is 1. The zero-order chi connectivity index (χ0) is 24.0. The first-order valence-corrected chi connectivity index (χ1v) is 11.9. The highest BCUT2D eigenvalue weighted by Crippen LogP contribution is 2.35. The number of carbonyl (C=O) groups excluding carboxylic acids is 1. The molecule has 178 valence electrons. The summed E-state index contributed by atoms with van der Waals surface area (Å²) >= 11 is 0. The highest BCUT2D eigenvalue weighted by atomic mass is 32.2. The molecular weight excluding hydrogens is 452 g/mol. The zero-order valence-corrected chi connectivity index (χ0v) is 19.1. The molecule has 0 radical (unpaired) electrons. The molecule has 1 aliphatic heterocycles. The van der Waals surface area contributed by atoms with Crippen molar-refractivity contribution in [3.05, 3.63) is 52.6 Å². The van der Waals surface area contributed by atoms with Crippen LogP contribution in [0.1, 0.15) is 26.7 Å². The maximum absolute atomic E-state index is 12.7. The fraction of sp³-hybridized carbons (Fsp3) is 0.381. The Balaban J connectivity index is 1.57. The molecular formula is C21H26N4O7S. The van der Waals surface area contributed by atoms with Crippen molar-refractivity contribution in [2.45, 2.75) is 37.6 Å². The SMILES string of the molecule is CC(C)NC(=O)N(CCCCNS(=O)(=O)c1ccc([N+](=O)[O-])cc1)c1ccc2c(c1)OCO2. The van der Waals surface area contributed by atoms with Crippen molar-refractivity contribution in [2.24, 2.45) is 0 Å². The third kappa shape index (κ3) is 6.33. The summed E-state index contributed by atoms with van der Waals surface area (Å²) in [4.78, 5) is 24.4. The molecule has 0 unspecified atom stereocenters. The van der Waals surface area contributed by atoms with E-state index in [9.17, 15) is 23.3 Å². The number of hydrogen-bond acceptors (Lipinski definition) is 7. The Bertz CT molecular complexity index is 1100. The molecule has 1 aliphatic rings. The van der Waals surface area contributed by atoms with Gasteiger partial charge in [-0.05, 0) is 51.0 Å². The summed E-state index contributed by atoms with van der Waals surface area (Å²) in [5, 5.41) is 13.6. The average Bonchev–Trinajstić information content (AvgIpc) is 3.23. The number of unbranched alkanes of at least 4 members (excludes halogenated alkanes) is 1. The fourth-order valence-electron chi connectivity index (χ4n) is 3.16. The lowest BCUT2D eigenvalue weighted by atomic mass is 10.2. The van der Waals surface area contributed by atoms with Crippen LogP contribution in [0.25, 0.3) is 0 Å². The number of amides is 2. The Hall–Kier alpha value is -3.38. The van der Waals surface area contributed by atoms with Gasteiger partial charge >= 0.3 is 6.03 Å². The first-order valence-electron chi connectivity index (χ1n) is 10.4. The van der Waals surface area contributed by atoms with Crippen LogP contribution in [0, 0.1) is 10.1 Å². The smallest absolute Gasteiger partial charge is 0.322 e. The van der Waals surface area contributed by atoms with Gasteiger partial charge in [0.2, 0.25) is 16.8 Å². The summed E-state index contributed by atoms with van der Waals surface area (Å²) in [7, 11) is -3.79. The van der Waals surface area contributed by atoms with Gasteiger partial charge in [0.1, 0.15) is 0 Å². The predicted molar refractivity (Wildman–Crippen MR) is 121 cm³/mol. The zero-order valence-electron chi connectivity index (χ0n) is 18.3. The minimum atomic E-state index is -3.79. The maximum atomic E-state index is 12.7. The lowest BCUT2D eigenvalue weighted by Gasteiger charge is -2.24. The van der Waals surface area contributed by atoms with E-state index in [1.165, 1.54) is 12.1 Å². The molecule has 2 N–H and O–H groups in total. The van der Waals surface area contributed by atoms with Crippen LogP contribution in [0.2, 0.25) is 0 Å². The largest absolute Gasteiger partial charge is 0.454 e. The molecule has 0 aromatic heterocycles. The number of urea groups is 1. The monoisotopic (exact) mass is 478 g/mol. The lowest BCUT2D eigenvalue weighted by molar-refractivity contribution is -0.384. The van der Waals surface area contributed by atoms with Crippen molar-refractivity contribution >= 4 is 27.4 Å². The molecule has 12 heteroatoms. The third-order valence-corrected chi connectivity index (χ3v) is 6.26. The van der Waals surface area contributed by atoms with Gasteiger partial charge < -0.3 is 14.8 Å². The van der Waals surface area contributed by atoms with Gasteiger partial charge in [-0.2, -0.15) is 0 Å². The lowest BCUT2D eigenvalue weighted by Crippen LogP contribution is -2.43. The second kappa shape index (κ2) is 10.5. The highest BCUT2D eigenvalue weighted by Gasteiger charge is 2.21. The molecule has 0 atom stereocenters. The van der Waals surface area contributed by atoms with Gasteiger partial charge in [0.15, 0.2) is 11.5 Å². The molecule has 0 aliphatic carbocycles. The highest BCUT2D eigenvalue weighted by molar-refractivity contribution is 7.89. The molecule has 2 amide bonds. The van der Waals surface area contributed by atoms with E-state index in [1.54, 1.807) is 23.1 Å². The van der Waals surface area contributed by atoms with Gasteiger partial charge in [0.05, 0.1) is 9.82 Å². The molecule has 0 bridgehead atoms. The number of anilines is 1. The summed E-state index contributed by atoms with van der Waals surface area (Å²) in [6, 6.07) is 9.60. The molecule has 2 aromatic carbocycles. The Labute approximate surface area is 191 Å². The number of nitro groups is 1. The standard InChI is InChI=1S/C21H26N4O7S/c1-15(2)23-21(26)24(17-7-10-19-20(13-17)32-14-31-19)12-4-3-11-22-33(29,30)18-8-5-16(6-9-18)25(27)28/h5-10,13,15,22H,3-4,11-12,14H2,1-2H3,(H,23,26). The number of hydrogen-bond donors (Lipinski definition) is 2. The fourth-order valence-corrected chi connectivity index (χ4v) is 4.23. The van der Waals surface area contributed by atoms with Crippen molar-refractivity contribution in [2.75, 3.05) is 24.8 Å². The van der Waals surface area contributed by atoms with Crippen molar-refractivity contribution in [1.82, 2.24) is 10.0 Å². The van der Waals surface area contributed by atoms with Gasteiger partial charge in [-0.1, -0.05) is 0 Å². The molecule has 3 rings (SSSR count). The summed E-state index contributed by atoms with van der Waals surface area (Å²) < 4.78 is 38.0. The van der Waals surface area contributed by atoms with Crippen LogP contribution in [0.3, 0.4) is 0 Å². The van der Waals surface area contributed by atoms with E-state index in [0.717, 1.165) is 12.1 Å². The second-order valence-corrected chi connectivity index (χ2v) is 9.42. The van der Waals surface area contributed by atoms with Crippen molar-refractivity contribution < 1.29 is 27.6 Å². The number of benzene rings is 2. The van der Waals surface area contributed by atoms with Crippen LogP contribution in [0.4, 0.5) is 16.2 Å². The third-order valence-electron chi connectivity index (χ3n) is 4.78. The van der Waals surface area contributed by atoms with Crippen LogP contribution >= 0.6 is 0 Å². The van der Waals surface area contributed by atoms with E-state index < -0.39 is 14.9 Å². The van der Waals surface area contributed by atoms with Crippen LogP contribution in [0.15, 0.2) is 47.4 Å². The number of fused-ring (bicyclic) bond motifs is 1. The number of nitrogens with one attached hydrogen (secondary N) is 2. The quantitative estimate of drug-likeness (QED) is 0.304. The molecule has 0 spiro atoms. The van der Waals surface area contributed by atoms with E-state index in [0.29, 0.717) is 36.6 Å². The van der Waals surface area contributed by atoms with Crippen molar-refractivity contribution in [3.8, 4) is 11.5 Å². The van der Waals surface area contributed by atoms with E-state index in [1.807, 2.05) is 13.8 Å². The molecule has 2 aromatic rings. The van der Waals surface area contributed by atoms with E-state index in [-0.39, 0.29) is 36.0 Å². The number of nitrogens with zero attached hydrogens (tertiary/aromatic N) is 2. The molecule has 11 nitrogen and oxygen atoms in total. The number of non-ortho nitro benzene ring substituents is 1. The maximum Gasteiger partial charge on any atom is 0.322 e. The van der Waals surface area contributed by atoms with E-state index >= 15 is 0 Å². The second-order valence-electron chi connectivity index (χ2n) is 7.65. The summed E-state index contributed by atoms with van der Waals surface area (Å²) in [6.45, 7) is 4.37. The summed E-state index contributed by atoms with van der Waals surface area (Å²) in [5.41, 5.74) is 0.459. The first kappa shape index (κ1) is 24.3. The van der Waals surface area contributed by atoms with Gasteiger partial charge in [-0.25, -0.2) is 17.9 Å². The van der Waals surface area contributed by atoms with Crippen LogP contribution in [0.5, 0.6) is 11.5 Å². The number of rotatable bonds is 10. The van der Waals surface area contributed by atoms with Crippen LogP contribution in [-0.2, 0) is 10.0 Å². The van der Waals surface area contributed by atoms with E-state index in [2.05, 4.69) is 10.0 Å². The topological polar surface area (TPSA) is 140 Å². The van der Waals surface area contributed by atoms with Gasteiger partial charge in [-0.3, -0.25) is 15.0 Å². The Kier molecular flexibility index (Phi) is 7.71. The molecule has 33 heavy (non-hydrogen) atoms. The average molecular weight is 479 g/mol. The minimum Gasteiger partial charge on any atom is -0.454 e. The molecule has 1 heterocycles. The number of carbonyl (C=O) groups is 1. The molecule has 0 saturated heterocycles. The molecule has 0 fully saturated rings. The molecule has 0 saturated carbocycles. The van der Waals surface area contributed by atoms with Gasteiger partial charge in [0.25, 0.3) is 5.69 Å². The van der Waals surface area contributed by atoms with Crippen LogP contribution in [-0.4, -0.2) is 45.3 Å². The number of sulfonamides is 1. The van der Waals surface area contributed by atoms with Crippen molar-refractivity contribution in [1.29, 1.82) is 0 Å². The number of ether oxygens (including phenoxy) is 2. The summed E-state index contributed by atoms with van der Waals surface area (Å²) in [6.07, 6.45) is 1.00. The normalized spacial score (nSPS) is 12.6. The summed E-state index contributed by atoms with van der Waals surface area (Å²) in [5.74, 6) is 1.18. The predicted octanol–water partition coefficient (Wildman–Crippen LogP) is 3.01. The van der Waals surface area contributed by atoms with E-state index in [4.69, 9.17) is 9.47 Å². The van der Waals surface area contributed by atoms with Crippen molar-refractivity contribution in [3.63, 3.8) is 0 Å². The first-order chi connectivity index (χ1) is 15.7. The van der Waals surface area contributed by atoms with Gasteiger partial charge in [-0.15, -0.1) is 0 Å². The van der Waals surface area contributed by atoms with Crippen LogP contribution < -0.4 is 24.4 Å². The Morgan fingerprint density at radius 3 is 2.48 bits per heavy atom. The Morgan fingerprint density at radius 1 is 1.12 bits per heavy atom. The Morgan fingerprint density at radius 2 is 1.82 bits per heavy atom.